The molecule has 0 saturated heterocycles. The predicted octanol–water partition coefficient (Wildman–Crippen LogP) is -0.0828. The average molecular weight is 255 g/mol. The minimum atomic E-state index is -0.973. The van der Waals surface area contributed by atoms with E-state index in [0.717, 1.165) is 15.3 Å². The fourth-order valence-corrected chi connectivity index (χ4v) is 1.54. The first-order valence-corrected chi connectivity index (χ1v) is 5.45. The Morgan fingerprint density at radius 1 is 1.39 bits per heavy atom. The van der Waals surface area contributed by atoms with Crippen LogP contribution in [-0.2, 0) is 17.9 Å². The van der Waals surface area contributed by atoms with Crippen molar-refractivity contribution in [3.63, 3.8) is 0 Å². The highest BCUT2D eigenvalue weighted by atomic mass is 16.6. The Bertz CT molecular complexity index is 572. The monoisotopic (exact) mass is 255 g/mol. The quantitative estimate of drug-likeness (QED) is 0.401. The van der Waals surface area contributed by atoms with Gasteiger partial charge in [-0.1, -0.05) is 6.92 Å². The van der Waals surface area contributed by atoms with E-state index in [-0.39, 0.29) is 19.5 Å². The van der Waals surface area contributed by atoms with Gasteiger partial charge in [0.15, 0.2) is 0 Å². The first-order chi connectivity index (χ1) is 8.52. The summed E-state index contributed by atoms with van der Waals surface area (Å²) >= 11 is 0. The minimum Gasteiger partial charge on any atom is -0.303 e. The Morgan fingerprint density at radius 2 is 2.06 bits per heavy atom. The van der Waals surface area contributed by atoms with Crippen LogP contribution in [0.3, 0.4) is 0 Å². The van der Waals surface area contributed by atoms with Crippen molar-refractivity contribution in [1.82, 2.24) is 9.13 Å². The van der Waals surface area contributed by atoms with Crippen LogP contribution in [0.5, 0.6) is 0 Å². The molecule has 0 aromatic carbocycles. The van der Waals surface area contributed by atoms with E-state index >= 15 is 0 Å². The van der Waals surface area contributed by atoms with E-state index in [9.17, 15) is 24.5 Å². The fraction of sp³-hybridized carbons (Fsp3) is 0.500. The fourth-order valence-electron chi connectivity index (χ4n) is 1.54. The van der Waals surface area contributed by atoms with Crippen LogP contribution in [0, 0.1) is 10.1 Å². The van der Waals surface area contributed by atoms with Gasteiger partial charge < -0.3 is 4.79 Å². The van der Waals surface area contributed by atoms with Crippen molar-refractivity contribution < 1.29 is 9.72 Å². The first-order valence-electron chi connectivity index (χ1n) is 5.45. The number of aryl methyl sites for hydroxylation is 1. The zero-order chi connectivity index (χ0) is 13.7. The van der Waals surface area contributed by atoms with E-state index in [2.05, 4.69) is 0 Å². The Kier molecular flexibility index (Phi) is 4.52. The minimum absolute atomic E-state index is 0.0392. The van der Waals surface area contributed by atoms with Crippen LogP contribution in [0.15, 0.2) is 15.8 Å². The van der Waals surface area contributed by atoms with E-state index in [1.165, 1.54) is 0 Å². The molecule has 0 atom stereocenters. The number of hydrogen-bond acceptors (Lipinski definition) is 5. The Balaban J connectivity index is 3.46. The molecule has 1 aromatic rings. The third kappa shape index (κ3) is 2.70. The van der Waals surface area contributed by atoms with E-state index < -0.39 is 21.9 Å². The second-order valence-electron chi connectivity index (χ2n) is 3.66. The van der Waals surface area contributed by atoms with Crippen molar-refractivity contribution in [3.05, 3.63) is 37.1 Å². The Hall–Kier alpha value is -2.25. The molecule has 0 amide bonds. The van der Waals surface area contributed by atoms with Gasteiger partial charge in [-0.15, -0.1) is 0 Å². The van der Waals surface area contributed by atoms with Gasteiger partial charge in [-0.3, -0.25) is 24.0 Å². The normalized spacial score (nSPS) is 10.3. The molecule has 0 radical (unpaired) electrons. The SMILES string of the molecule is CCCn1cc([N+](=O)[O-])c(=O)n(CCC=O)c1=O. The molecule has 0 spiro atoms. The number of nitrogens with zero attached hydrogens (tertiary/aromatic N) is 3. The molecule has 1 rings (SSSR count). The summed E-state index contributed by atoms with van der Waals surface area (Å²) in [6, 6.07) is 0. The van der Waals surface area contributed by atoms with Crippen LogP contribution in [0.25, 0.3) is 0 Å². The number of carbonyl (C=O) groups is 1. The number of hydrogen-bond donors (Lipinski definition) is 0. The molecule has 0 fully saturated rings. The van der Waals surface area contributed by atoms with Gasteiger partial charge in [0.05, 0.1) is 11.1 Å². The molecule has 0 aliphatic carbocycles. The zero-order valence-corrected chi connectivity index (χ0v) is 9.87. The lowest BCUT2D eigenvalue weighted by Crippen LogP contribution is -2.40. The van der Waals surface area contributed by atoms with Gasteiger partial charge >= 0.3 is 16.9 Å². The third-order valence-electron chi connectivity index (χ3n) is 2.35. The summed E-state index contributed by atoms with van der Waals surface area (Å²) in [5.41, 5.74) is -2.26. The summed E-state index contributed by atoms with van der Waals surface area (Å²) in [4.78, 5) is 43.7. The lowest BCUT2D eigenvalue weighted by Gasteiger charge is -2.07. The zero-order valence-electron chi connectivity index (χ0n) is 9.87. The second kappa shape index (κ2) is 5.89. The maximum absolute atomic E-state index is 11.8. The topological polar surface area (TPSA) is 104 Å². The number of aldehydes is 1. The number of rotatable bonds is 6. The van der Waals surface area contributed by atoms with Crippen LogP contribution in [0.1, 0.15) is 19.8 Å². The smallest absolute Gasteiger partial charge is 0.303 e. The molecule has 0 bridgehead atoms. The van der Waals surface area contributed by atoms with Crippen molar-refractivity contribution in [2.45, 2.75) is 32.9 Å². The number of nitro groups is 1. The van der Waals surface area contributed by atoms with Crippen LogP contribution < -0.4 is 11.2 Å². The average Bonchev–Trinajstić information content (AvgIpc) is 2.32. The molecule has 0 unspecified atom stereocenters. The van der Waals surface area contributed by atoms with Crippen molar-refractivity contribution in [3.8, 4) is 0 Å². The van der Waals surface area contributed by atoms with Gasteiger partial charge in [-0.05, 0) is 6.42 Å². The summed E-state index contributed by atoms with van der Waals surface area (Å²) in [5, 5.41) is 10.7. The maximum Gasteiger partial charge on any atom is 0.350 e. The van der Waals surface area contributed by atoms with Crippen LogP contribution in [-0.4, -0.2) is 20.3 Å². The summed E-state index contributed by atoms with van der Waals surface area (Å²) in [5.74, 6) is 0. The predicted molar refractivity (Wildman–Crippen MR) is 62.6 cm³/mol. The highest BCUT2D eigenvalue weighted by molar-refractivity contribution is 5.49. The highest BCUT2D eigenvalue weighted by Crippen LogP contribution is 2.01. The van der Waals surface area contributed by atoms with Gasteiger partial charge in [-0.2, -0.15) is 0 Å². The molecule has 1 heterocycles. The lowest BCUT2D eigenvalue weighted by atomic mass is 10.4. The van der Waals surface area contributed by atoms with Crippen molar-refractivity contribution in [1.29, 1.82) is 0 Å². The van der Waals surface area contributed by atoms with Crippen LogP contribution in [0.2, 0.25) is 0 Å². The first kappa shape index (κ1) is 13.8. The number of carbonyl (C=O) groups excluding carboxylic acids is 1. The van der Waals surface area contributed by atoms with Gasteiger partial charge in [-0.25, -0.2) is 4.79 Å². The van der Waals surface area contributed by atoms with Gasteiger partial charge in [0.2, 0.25) is 0 Å². The van der Waals surface area contributed by atoms with Crippen LogP contribution in [0.4, 0.5) is 5.69 Å². The number of aromatic nitrogens is 2. The summed E-state index contributed by atoms with van der Waals surface area (Å²) in [6.07, 6.45) is 2.06. The van der Waals surface area contributed by atoms with Crippen LogP contribution >= 0.6 is 0 Å². The Labute approximate surface area is 102 Å². The van der Waals surface area contributed by atoms with E-state index in [0.29, 0.717) is 12.7 Å². The van der Waals surface area contributed by atoms with Crippen molar-refractivity contribution in [2.75, 3.05) is 0 Å². The van der Waals surface area contributed by atoms with E-state index in [1.54, 1.807) is 6.92 Å². The molecule has 8 heteroatoms. The highest BCUT2D eigenvalue weighted by Gasteiger charge is 2.19. The maximum atomic E-state index is 11.8. The summed E-state index contributed by atoms with van der Waals surface area (Å²) in [6.45, 7) is 1.94. The standard InChI is InChI=1S/C10H13N3O5/c1-2-4-11-7-8(13(17)18)9(15)12(10(11)16)5-3-6-14/h6-7H,2-5H2,1H3. The molecule has 0 aliphatic heterocycles. The van der Waals surface area contributed by atoms with Crippen molar-refractivity contribution >= 4 is 12.0 Å². The molecule has 0 saturated carbocycles. The second-order valence-corrected chi connectivity index (χ2v) is 3.66. The molecule has 18 heavy (non-hydrogen) atoms. The molecular formula is C10H13N3O5. The third-order valence-corrected chi connectivity index (χ3v) is 2.35. The van der Waals surface area contributed by atoms with E-state index in [4.69, 9.17) is 0 Å². The van der Waals surface area contributed by atoms with Gasteiger partial charge in [0, 0.05) is 19.5 Å². The molecule has 1 aromatic heterocycles. The largest absolute Gasteiger partial charge is 0.350 e. The lowest BCUT2D eigenvalue weighted by molar-refractivity contribution is -0.387. The summed E-state index contributed by atoms with van der Waals surface area (Å²) < 4.78 is 1.84. The molecular weight excluding hydrogens is 242 g/mol. The summed E-state index contributed by atoms with van der Waals surface area (Å²) in [7, 11) is 0. The molecule has 8 nitrogen and oxygen atoms in total. The van der Waals surface area contributed by atoms with Crippen molar-refractivity contribution in [2.24, 2.45) is 0 Å². The molecule has 0 aliphatic rings. The Morgan fingerprint density at radius 3 is 2.56 bits per heavy atom. The molecule has 0 N–H and O–H groups in total. The van der Waals surface area contributed by atoms with Gasteiger partial charge in [0.1, 0.15) is 6.29 Å². The van der Waals surface area contributed by atoms with Gasteiger partial charge in [0.25, 0.3) is 0 Å². The molecule has 98 valence electrons. The van der Waals surface area contributed by atoms with E-state index in [1.807, 2.05) is 0 Å².